The molecule has 29 heavy (non-hydrogen) atoms. The smallest absolute Gasteiger partial charge is 0.194 e. The highest BCUT2D eigenvalue weighted by molar-refractivity contribution is 14.0. The Hall–Kier alpha value is -1.69. The highest BCUT2D eigenvalue weighted by Gasteiger charge is 2.27. The highest BCUT2D eigenvalue weighted by atomic mass is 127. The summed E-state index contributed by atoms with van der Waals surface area (Å²) in [6.45, 7) is 4.74. The van der Waals surface area contributed by atoms with E-state index in [0.29, 0.717) is 19.2 Å². The molecule has 10 heteroatoms. The Labute approximate surface area is 188 Å². The minimum Gasteiger partial charge on any atom is -0.370 e. The normalized spacial score (nSPS) is 20.7. The van der Waals surface area contributed by atoms with Crippen LogP contribution in [0.3, 0.4) is 0 Å². The summed E-state index contributed by atoms with van der Waals surface area (Å²) < 4.78 is 9.82. The minimum absolute atomic E-state index is 0. The van der Waals surface area contributed by atoms with E-state index in [9.17, 15) is 0 Å². The van der Waals surface area contributed by atoms with Gasteiger partial charge in [-0.25, -0.2) is 4.99 Å². The van der Waals surface area contributed by atoms with Crippen molar-refractivity contribution in [2.24, 2.45) is 19.1 Å². The van der Waals surface area contributed by atoms with Crippen LogP contribution in [0.5, 0.6) is 0 Å². The molecule has 0 radical (unpaired) electrons. The predicted molar refractivity (Wildman–Crippen MR) is 121 cm³/mol. The zero-order chi connectivity index (χ0) is 19.5. The van der Waals surface area contributed by atoms with Gasteiger partial charge in [-0.15, -0.1) is 34.2 Å². The lowest BCUT2D eigenvalue weighted by molar-refractivity contribution is -0.00828. The van der Waals surface area contributed by atoms with E-state index in [1.54, 1.807) is 0 Å². The van der Waals surface area contributed by atoms with Gasteiger partial charge >= 0.3 is 0 Å². The Bertz CT molecular complexity index is 826. The lowest BCUT2D eigenvalue weighted by Gasteiger charge is -2.35. The Morgan fingerprint density at radius 3 is 2.72 bits per heavy atom. The molecule has 1 aliphatic heterocycles. The molecule has 1 atom stereocenters. The first-order valence-corrected chi connectivity index (χ1v) is 10.1. The van der Waals surface area contributed by atoms with Crippen LogP contribution in [0.2, 0.25) is 0 Å². The van der Waals surface area contributed by atoms with E-state index in [0.717, 1.165) is 36.3 Å². The van der Waals surface area contributed by atoms with Crippen LogP contribution < -0.4 is 5.32 Å². The van der Waals surface area contributed by atoms with Gasteiger partial charge in [0.25, 0.3) is 0 Å². The van der Waals surface area contributed by atoms with Crippen molar-refractivity contribution in [1.29, 1.82) is 0 Å². The molecule has 2 aliphatic rings. The summed E-state index contributed by atoms with van der Waals surface area (Å²) in [6, 6.07) is 0.500. The van der Waals surface area contributed by atoms with Gasteiger partial charge in [0.2, 0.25) is 0 Å². The monoisotopic (exact) mass is 514 g/mol. The van der Waals surface area contributed by atoms with Gasteiger partial charge in [0.15, 0.2) is 11.8 Å². The fraction of sp³-hybridized carbons (Fsp3) is 0.684. The van der Waals surface area contributed by atoms with Crippen molar-refractivity contribution in [3.63, 3.8) is 0 Å². The average Bonchev–Trinajstić information content (AvgIpc) is 3.43. The molecule has 1 aliphatic carbocycles. The lowest BCUT2D eigenvalue weighted by Crippen LogP contribution is -2.50. The summed E-state index contributed by atoms with van der Waals surface area (Å²) in [5.74, 6) is 2.73. The third kappa shape index (κ3) is 5.27. The van der Waals surface area contributed by atoms with Gasteiger partial charge in [0.1, 0.15) is 18.5 Å². The van der Waals surface area contributed by atoms with Gasteiger partial charge in [-0.3, -0.25) is 4.68 Å². The topological polar surface area (TPSA) is 85.4 Å². The van der Waals surface area contributed by atoms with Crippen molar-refractivity contribution >= 4 is 29.9 Å². The van der Waals surface area contributed by atoms with E-state index in [-0.39, 0.29) is 30.1 Å². The van der Waals surface area contributed by atoms with Gasteiger partial charge < -0.3 is 19.5 Å². The van der Waals surface area contributed by atoms with Crippen molar-refractivity contribution < 1.29 is 4.74 Å². The molecule has 1 N–H and O–H groups in total. The maximum absolute atomic E-state index is 6.01. The standard InChI is InChI=1S/C19H30N8O.HI/c1-14-23-24-18(26(14)3)11-20-19(22-16-6-4-5-7-16)27-8-9-28-17(13-27)15-10-21-25(2)12-15;/h10,12,16-17H,4-9,11,13H2,1-3H3,(H,20,22);1H. The summed E-state index contributed by atoms with van der Waals surface area (Å²) in [5.41, 5.74) is 1.11. The van der Waals surface area contributed by atoms with Crippen LogP contribution in [-0.2, 0) is 25.4 Å². The van der Waals surface area contributed by atoms with Crippen molar-refractivity contribution in [2.45, 2.75) is 51.3 Å². The van der Waals surface area contributed by atoms with E-state index >= 15 is 0 Å². The van der Waals surface area contributed by atoms with Gasteiger partial charge in [-0.05, 0) is 19.8 Å². The molecule has 9 nitrogen and oxygen atoms in total. The number of nitrogens with zero attached hydrogens (tertiary/aromatic N) is 7. The Kier molecular flexibility index (Phi) is 7.49. The number of rotatable bonds is 4. The minimum atomic E-state index is 0. The van der Waals surface area contributed by atoms with Crippen LogP contribution in [0.4, 0.5) is 0 Å². The summed E-state index contributed by atoms with van der Waals surface area (Å²) >= 11 is 0. The van der Waals surface area contributed by atoms with Crippen LogP contribution in [-0.4, -0.2) is 61.1 Å². The zero-order valence-corrected chi connectivity index (χ0v) is 19.7. The maximum atomic E-state index is 6.01. The molecule has 0 aromatic carbocycles. The first kappa shape index (κ1) is 22.0. The molecule has 0 bridgehead atoms. The van der Waals surface area contributed by atoms with Gasteiger partial charge in [0, 0.05) is 38.4 Å². The van der Waals surface area contributed by atoms with Crippen LogP contribution in [0.25, 0.3) is 0 Å². The third-order valence-electron chi connectivity index (χ3n) is 5.70. The van der Waals surface area contributed by atoms with Crippen LogP contribution in [0, 0.1) is 6.92 Å². The third-order valence-corrected chi connectivity index (χ3v) is 5.70. The molecule has 4 rings (SSSR count). The Morgan fingerprint density at radius 2 is 2.07 bits per heavy atom. The number of guanidine groups is 1. The Balaban J connectivity index is 0.00000240. The molecule has 160 valence electrons. The van der Waals surface area contributed by atoms with Crippen molar-refractivity contribution in [1.82, 2.24) is 34.8 Å². The van der Waals surface area contributed by atoms with E-state index < -0.39 is 0 Å². The summed E-state index contributed by atoms with van der Waals surface area (Å²) in [7, 11) is 3.92. The fourth-order valence-corrected chi connectivity index (χ4v) is 3.87. The SMILES string of the molecule is Cc1nnc(CN=C(NC2CCCC2)N2CCOC(c3cnn(C)c3)C2)n1C.I. The quantitative estimate of drug-likeness (QED) is 0.382. The number of hydrogen-bond donors (Lipinski definition) is 1. The second-order valence-corrected chi connectivity index (χ2v) is 7.74. The number of halogens is 1. The van der Waals surface area contributed by atoms with Crippen molar-refractivity contribution in [3.8, 4) is 0 Å². The second kappa shape index (κ2) is 9.88. The molecule has 2 aromatic heterocycles. The molecule has 0 amide bonds. The van der Waals surface area contributed by atoms with Crippen LogP contribution in [0.1, 0.15) is 49.0 Å². The number of morpholine rings is 1. The van der Waals surface area contributed by atoms with E-state index in [2.05, 4.69) is 25.5 Å². The molecule has 1 unspecified atom stereocenters. The molecule has 3 heterocycles. The van der Waals surface area contributed by atoms with E-state index in [1.165, 1.54) is 25.7 Å². The van der Waals surface area contributed by atoms with Gasteiger partial charge in [0.05, 0.1) is 19.3 Å². The maximum Gasteiger partial charge on any atom is 0.194 e. The summed E-state index contributed by atoms with van der Waals surface area (Å²) in [6.07, 6.45) is 8.91. The molecule has 2 fully saturated rings. The number of aromatic nitrogens is 5. The number of aliphatic imine (C=N–C) groups is 1. The van der Waals surface area contributed by atoms with Gasteiger partial charge in [-0.1, -0.05) is 12.8 Å². The molecule has 1 saturated carbocycles. The van der Waals surface area contributed by atoms with Crippen LogP contribution in [0.15, 0.2) is 17.4 Å². The van der Waals surface area contributed by atoms with E-state index in [4.69, 9.17) is 9.73 Å². The Morgan fingerprint density at radius 1 is 1.28 bits per heavy atom. The largest absolute Gasteiger partial charge is 0.370 e. The second-order valence-electron chi connectivity index (χ2n) is 7.74. The predicted octanol–water partition coefficient (Wildman–Crippen LogP) is 1.94. The van der Waals surface area contributed by atoms with Crippen molar-refractivity contribution in [3.05, 3.63) is 29.6 Å². The molecule has 2 aromatic rings. The summed E-state index contributed by atoms with van der Waals surface area (Å²) in [4.78, 5) is 7.23. The number of aryl methyl sites for hydroxylation is 2. The van der Waals surface area contributed by atoms with Gasteiger partial charge in [-0.2, -0.15) is 5.10 Å². The summed E-state index contributed by atoms with van der Waals surface area (Å²) in [5, 5.41) is 16.4. The number of hydrogen-bond acceptors (Lipinski definition) is 5. The highest BCUT2D eigenvalue weighted by Crippen LogP contribution is 2.23. The lowest BCUT2D eigenvalue weighted by atomic mass is 10.1. The zero-order valence-electron chi connectivity index (χ0n) is 17.4. The van der Waals surface area contributed by atoms with E-state index in [1.807, 2.05) is 42.7 Å². The average molecular weight is 514 g/mol. The number of ether oxygens (including phenoxy) is 1. The molecular formula is C19H31IN8O. The molecule has 1 saturated heterocycles. The fourth-order valence-electron chi connectivity index (χ4n) is 3.87. The first-order valence-electron chi connectivity index (χ1n) is 10.1. The molecular weight excluding hydrogens is 483 g/mol. The first-order chi connectivity index (χ1) is 13.6. The van der Waals surface area contributed by atoms with Crippen LogP contribution >= 0.6 is 24.0 Å². The molecule has 0 spiro atoms. The number of nitrogens with one attached hydrogen (secondary N) is 1. The van der Waals surface area contributed by atoms with Crippen molar-refractivity contribution in [2.75, 3.05) is 19.7 Å².